The molecule has 3 rings (SSSR count). The number of hydrogen-bond donors (Lipinski definition) is 0. The quantitative estimate of drug-likeness (QED) is 0.604. The number of benzene rings is 1. The Balaban J connectivity index is 1.88. The summed E-state index contributed by atoms with van der Waals surface area (Å²) in [5.41, 5.74) is 0.273. The Kier molecular flexibility index (Phi) is 3.95. The largest absolute Gasteiger partial charge is 0.374 e. The minimum atomic E-state index is -0.488. The maximum absolute atomic E-state index is 12.7. The van der Waals surface area contributed by atoms with Crippen LogP contribution in [0.5, 0.6) is 0 Å². The van der Waals surface area contributed by atoms with Gasteiger partial charge in [0.05, 0.1) is 28.1 Å². The first-order valence-corrected chi connectivity index (χ1v) is 7.74. The zero-order valence-corrected chi connectivity index (χ0v) is 12.9. The molecule has 2 atom stereocenters. The fraction of sp³-hybridized carbons (Fsp3) is 0.500. The van der Waals surface area contributed by atoms with E-state index in [4.69, 9.17) is 4.74 Å². The monoisotopic (exact) mass is 354 g/mol. The lowest BCUT2D eigenvalue weighted by molar-refractivity contribution is -0.385. The first-order chi connectivity index (χ1) is 10.1. The number of carbonyl (C=O) groups is 1. The van der Waals surface area contributed by atoms with Crippen molar-refractivity contribution >= 4 is 27.5 Å². The molecule has 1 saturated carbocycles. The van der Waals surface area contributed by atoms with E-state index in [1.807, 2.05) is 4.90 Å². The highest BCUT2D eigenvalue weighted by Crippen LogP contribution is 2.32. The lowest BCUT2D eigenvalue weighted by atomic mass is 10.1. The molecular formula is C14H15BrN2O4. The topological polar surface area (TPSA) is 72.7 Å². The summed E-state index contributed by atoms with van der Waals surface area (Å²) < 4.78 is 6.07. The van der Waals surface area contributed by atoms with Crippen LogP contribution in [-0.2, 0) is 4.74 Å². The molecule has 1 aliphatic heterocycles. The first-order valence-electron chi connectivity index (χ1n) is 6.94. The molecule has 1 saturated heterocycles. The zero-order valence-electron chi connectivity index (χ0n) is 11.3. The van der Waals surface area contributed by atoms with E-state index in [2.05, 4.69) is 15.9 Å². The number of hydrogen-bond acceptors (Lipinski definition) is 4. The second kappa shape index (κ2) is 5.73. The van der Waals surface area contributed by atoms with Crippen molar-refractivity contribution in [3.8, 4) is 0 Å². The van der Waals surface area contributed by atoms with Crippen molar-refractivity contribution in [3.63, 3.8) is 0 Å². The van der Waals surface area contributed by atoms with Crippen LogP contribution in [0.2, 0.25) is 0 Å². The summed E-state index contributed by atoms with van der Waals surface area (Å²) in [6.45, 7) is 1.08. The third kappa shape index (κ3) is 2.67. The number of amides is 1. The fourth-order valence-corrected chi connectivity index (χ4v) is 3.52. The van der Waals surface area contributed by atoms with Crippen molar-refractivity contribution in [2.24, 2.45) is 0 Å². The van der Waals surface area contributed by atoms with Gasteiger partial charge in [-0.25, -0.2) is 0 Å². The summed E-state index contributed by atoms with van der Waals surface area (Å²) in [6.07, 6.45) is 3.09. The summed E-state index contributed by atoms with van der Waals surface area (Å²) in [7, 11) is 0. The van der Waals surface area contributed by atoms with E-state index in [-0.39, 0.29) is 23.7 Å². The Bertz CT molecular complexity index is 592. The van der Waals surface area contributed by atoms with Gasteiger partial charge in [-0.3, -0.25) is 14.9 Å². The number of carbonyl (C=O) groups excluding carboxylic acids is 1. The van der Waals surface area contributed by atoms with Gasteiger partial charge in [0.2, 0.25) is 0 Å². The number of halogens is 1. The van der Waals surface area contributed by atoms with Crippen molar-refractivity contribution < 1.29 is 14.5 Å². The zero-order chi connectivity index (χ0) is 15.0. The molecule has 2 fully saturated rings. The molecule has 1 aliphatic carbocycles. The van der Waals surface area contributed by atoms with E-state index in [0.29, 0.717) is 23.2 Å². The van der Waals surface area contributed by atoms with Crippen LogP contribution in [0.3, 0.4) is 0 Å². The Morgan fingerprint density at radius 1 is 1.43 bits per heavy atom. The highest BCUT2D eigenvalue weighted by atomic mass is 79.9. The van der Waals surface area contributed by atoms with Gasteiger partial charge in [-0.1, -0.05) is 0 Å². The minimum absolute atomic E-state index is 0.0860. The van der Waals surface area contributed by atoms with Crippen molar-refractivity contribution in [2.75, 3.05) is 13.2 Å². The lowest BCUT2D eigenvalue weighted by Gasteiger charge is -2.37. The van der Waals surface area contributed by atoms with Gasteiger partial charge in [0.25, 0.3) is 11.6 Å². The van der Waals surface area contributed by atoms with Crippen LogP contribution in [0.15, 0.2) is 22.7 Å². The maximum Gasteiger partial charge on any atom is 0.284 e. The van der Waals surface area contributed by atoms with E-state index in [0.717, 1.165) is 19.3 Å². The van der Waals surface area contributed by atoms with Crippen LogP contribution < -0.4 is 0 Å². The van der Waals surface area contributed by atoms with Gasteiger partial charge in [0, 0.05) is 18.2 Å². The molecule has 2 aliphatic rings. The Morgan fingerprint density at radius 3 is 3.00 bits per heavy atom. The molecule has 0 N–H and O–H groups in total. The molecule has 0 spiro atoms. The average Bonchev–Trinajstić information content (AvgIpc) is 2.95. The van der Waals surface area contributed by atoms with Gasteiger partial charge in [-0.2, -0.15) is 0 Å². The van der Waals surface area contributed by atoms with Crippen molar-refractivity contribution in [3.05, 3.63) is 38.3 Å². The summed E-state index contributed by atoms with van der Waals surface area (Å²) in [5, 5.41) is 11.0. The molecule has 21 heavy (non-hydrogen) atoms. The third-order valence-corrected chi connectivity index (χ3v) is 4.80. The third-order valence-electron chi connectivity index (χ3n) is 4.13. The minimum Gasteiger partial charge on any atom is -0.374 e. The predicted molar refractivity (Wildman–Crippen MR) is 79.2 cm³/mol. The number of morpholine rings is 1. The first kappa shape index (κ1) is 14.5. The summed E-state index contributed by atoms with van der Waals surface area (Å²) in [4.78, 5) is 25.0. The highest BCUT2D eigenvalue weighted by Gasteiger charge is 2.38. The van der Waals surface area contributed by atoms with Crippen LogP contribution in [0.4, 0.5) is 5.69 Å². The van der Waals surface area contributed by atoms with Crippen LogP contribution >= 0.6 is 15.9 Å². The van der Waals surface area contributed by atoms with Gasteiger partial charge < -0.3 is 9.64 Å². The van der Waals surface area contributed by atoms with E-state index in [9.17, 15) is 14.9 Å². The van der Waals surface area contributed by atoms with Crippen LogP contribution in [0.25, 0.3) is 0 Å². The average molecular weight is 355 g/mol. The number of nitrogens with zero attached hydrogens (tertiary/aromatic N) is 2. The standard InChI is InChI=1S/C14H15BrN2O4/c15-10-5-4-9(8-12(10)17(19)20)14(18)16-6-7-21-13-3-1-2-11(13)16/h4-5,8,11,13H,1-3,6-7H2. The number of ether oxygens (including phenoxy) is 1. The molecule has 1 amide bonds. The maximum atomic E-state index is 12.7. The molecule has 112 valence electrons. The second-order valence-electron chi connectivity index (χ2n) is 5.33. The fourth-order valence-electron chi connectivity index (χ4n) is 3.13. The summed E-state index contributed by atoms with van der Waals surface area (Å²) >= 11 is 3.13. The smallest absolute Gasteiger partial charge is 0.284 e. The molecule has 0 radical (unpaired) electrons. The van der Waals surface area contributed by atoms with Gasteiger partial charge in [0.15, 0.2) is 0 Å². The molecule has 6 nitrogen and oxygen atoms in total. The SMILES string of the molecule is O=C(c1ccc(Br)c([N+](=O)[O-])c1)N1CCOC2CCCC21. The van der Waals surface area contributed by atoms with Crippen LogP contribution in [0.1, 0.15) is 29.6 Å². The molecule has 1 aromatic rings. The van der Waals surface area contributed by atoms with E-state index < -0.39 is 4.92 Å². The molecule has 2 unspecified atom stereocenters. The Labute approximate surface area is 130 Å². The Morgan fingerprint density at radius 2 is 2.24 bits per heavy atom. The molecule has 0 aromatic heterocycles. The predicted octanol–water partition coefficient (Wildman–Crippen LogP) is 2.75. The van der Waals surface area contributed by atoms with Gasteiger partial charge in [-0.05, 0) is 47.3 Å². The van der Waals surface area contributed by atoms with E-state index in [1.165, 1.54) is 6.07 Å². The van der Waals surface area contributed by atoms with E-state index >= 15 is 0 Å². The molecule has 0 bridgehead atoms. The highest BCUT2D eigenvalue weighted by molar-refractivity contribution is 9.10. The van der Waals surface area contributed by atoms with E-state index in [1.54, 1.807) is 12.1 Å². The number of nitro groups is 1. The Hall–Kier alpha value is -1.47. The van der Waals surface area contributed by atoms with Crippen molar-refractivity contribution in [1.29, 1.82) is 0 Å². The number of nitro benzene ring substituents is 1. The number of rotatable bonds is 2. The summed E-state index contributed by atoms with van der Waals surface area (Å²) in [6, 6.07) is 4.62. The van der Waals surface area contributed by atoms with Crippen LogP contribution in [0, 0.1) is 10.1 Å². The normalized spacial score (nSPS) is 24.7. The van der Waals surface area contributed by atoms with Gasteiger partial charge in [-0.15, -0.1) is 0 Å². The summed E-state index contributed by atoms with van der Waals surface area (Å²) in [5.74, 6) is -0.147. The second-order valence-corrected chi connectivity index (χ2v) is 6.18. The molecule has 1 heterocycles. The molecular weight excluding hydrogens is 340 g/mol. The van der Waals surface area contributed by atoms with Crippen LogP contribution in [-0.4, -0.2) is 41.0 Å². The van der Waals surface area contributed by atoms with Gasteiger partial charge >= 0.3 is 0 Å². The number of fused-ring (bicyclic) bond motifs is 1. The molecule has 7 heteroatoms. The molecule has 1 aromatic carbocycles. The van der Waals surface area contributed by atoms with Gasteiger partial charge in [0.1, 0.15) is 0 Å². The van der Waals surface area contributed by atoms with Crippen molar-refractivity contribution in [2.45, 2.75) is 31.4 Å². The van der Waals surface area contributed by atoms with Crippen molar-refractivity contribution in [1.82, 2.24) is 4.90 Å². The lowest BCUT2D eigenvalue weighted by Crippen LogP contribution is -2.51.